The van der Waals surface area contributed by atoms with E-state index in [1.165, 1.54) is 0 Å². The van der Waals surface area contributed by atoms with Crippen LogP contribution in [0.25, 0.3) is 0 Å². The van der Waals surface area contributed by atoms with E-state index in [1.54, 1.807) is 12.2 Å². The molecule has 0 saturated heterocycles. The Labute approximate surface area is 142 Å². The summed E-state index contributed by atoms with van der Waals surface area (Å²) in [5.41, 5.74) is 2.66. The van der Waals surface area contributed by atoms with Gasteiger partial charge in [-0.25, -0.2) is 4.39 Å². The summed E-state index contributed by atoms with van der Waals surface area (Å²) in [5.74, 6) is 0.399. The number of fused-ring (bicyclic) bond motifs is 5. The molecule has 3 fully saturated rings. The first-order valence-electron chi connectivity index (χ1n) is 8.99. The number of carbonyl (C=O) groups is 2. The molecule has 0 aliphatic heterocycles. The minimum absolute atomic E-state index is 0.0510. The summed E-state index contributed by atoms with van der Waals surface area (Å²) in [6, 6.07) is 0. The SMILES string of the molecule is C=C1CC2=CC(=O)C=C(C)[C@]2(C)[C@H]2CC[C@]3(C)C(=O)C(F)C[C@H]3[C@H]12. The van der Waals surface area contributed by atoms with E-state index in [-0.39, 0.29) is 28.8 Å². The molecule has 0 aromatic heterocycles. The number of alkyl halides is 1. The van der Waals surface area contributed by atoms with Gasteiger partial charge in [0.15, 0.2) is 17.7 Å². The van der Waals surface area contributed by atoms with Gasteiger partial charge in [0.2, 0.25) is 0 Å². The van der Waals surface area contributed by atoms with Crippen LogP contribution in [0.1, 0.15) is 46.5 Å². The van der Waals surface area contributed by atoms with Gasteiger partial charge in [0.1, 0.15) is 0 Å². The highest BCUT2D eigenvalue weighted by Gasteiger charge is 2.62. The van der Waals surface area contributed by atoms with E-state index in [2.05, 4.69) is 13.5 Å². The molecule has 0 spiro atoms. The average molecular weight is 328 g/mol. The lowest BCUT2D eigenvalue weighted by Gasteiger charge is -2.57. The number of hydrogen-bond donors (Lipinski definition) is 0. The van der Waals surface area contributed by atoms with E-state index >= 15 is 0 Å². The first-order valence-corrected chi connectivity index (χ1v) is 8.99. The number of ketones is 2. The van der Waals surface area contributed by atoms with Crippen LogP contribution in [0.4, 0.5) is 4.39 Å². The zero-order chi connectivity index (χ0) is 17.4. The lowest BCUT2D eigenvalue weighted by molar-refractivity contribution is -0.133. The molecule has 128 valence electrons. The normalized spacial score (nSPS) is 47.6. The van der Waals surface area contributed by atoms with Gasteiger partial charge in [-0.05, 0) is 62.5 Å². The molecule has 0 aromatic rings. The molecule has 3 heteroatoms. The first-order chi connectivity index (χ1) is 11.2. The van der Waals surface area contributed by atoms with Crippen molar-refractivity contribution in [1.82, 2.24) is 0 Å². The Bertz CT molecular complexity index is 730. The molecule has 1 unspecified atom stereocenters. The van der Waals surface area contributed by atoms with Gasteiger partial charge in [-0.15, -0.1) is 0 Å². The lowest BCUT2D eigenvalue weighted by atomic mass is 9.46. The van der Waals surface area contributed by atoms with E-state index in [0.717, 1.165) is 29.6 Å². The quantitative estimate of drug-likeness (QED) is 0.619. The topological polar surface area (TPSA) is 34.1 Å². The summed E-state index contributed by atoms with van der Waals surface area (Å²) in [6.45, 7) is 10.5. The van der Waals surface area contributed by atoms with Crippen molar-refractivity contribution in [1.29, 1.82) is 0 Å². The van der Waals surface area contributed by atoms with Crippen molar-refractivity contribution < 1.29 is 14.0 Å². The minimum atomic E-state index is -1.32. The Morgan fingerprint density at radius 1 is 1.21 bits per heavy atom. The van der Waals surface area contributed by atoms with Gasteiger partial charge in [-0.1, -0.05) is 37.1 Å². The molecule has 4 aliphatic carbocycles. The van der Waals surface area contributed by atoms with Crippen molar-refractivity contribution in [3.63, 3.8) is 0 Å². The maximum absolute atomic E-state index is 14.3. The van der Waals surface area contributed by atoms with Crippen molar-refractivity contribution >= 4 is 11.6 Å². The van der Waals surface area contributed by atoms with Crippen LogP contribution in [0.2, 0.25) is 0 Å². The van der Waals surface area contributed by atoms with Crippen LogP contribution in [0.3, 0.4) is 0 Å². The predicted octanol–water partition coefficient (Wildman–Crippen LogP) is 4.37. The molecule has 0 heterocycles. The Morgan fingerprint density at radius 2 is 1.92 bits per heavy atom. The molecule has 6 atom stereocenters. The van der Waals surface area contributed by atoms with Crippen LogP contribution in [-0.4, -0.2) is 17.7 Å². The lowest BCUT2D eigenvalue weighted by Crippen LogP contribution is -2.51. The molecule has 4 aliphatic rings. The highest BCUT2D eigenvalue weighted by molar-refractivity contribution is 6.02. The number of halogens is 1. The molecule has 24 heavy (non-hydrogen) atoms. The summed E-state index contributed by atoms with van der Waals surface area (Å²) < 4.78 is 14.3. The van der Waals surface area contributed by atoms with E-state index in [0.29, 0.717) is 18.8 Å². The van der Waals surface area contributed by atoms with Crippen LogP contribution < -0.4 is 0 Å². The van der Waals surface area contributed by atoms with Gasteiger partial charge in [-0.3, -0.25) is 9.59 Å². The Kier molecular flexibility index (Phi) is 3.18. The fourth-order valence-corrected chi connectivity index (χ4v) is 6.22. The zero-order valence-corrected chi connectivity index (χ0v) is 14.7. The maximum atomic E-state index is 14.3. The Morgan fingerprint density at radius 3 is 2.62 bits per heavy atom. The molecular weight excluding hydrogens is 303 g/mol. The van der Waals surface area contributed by atoms with Crippen molar-refractivity contribution in [3.8, 4) is 0 Å². The van der Waals surface area contributed by atoms with Crippen LogP contribution >= 0.6 is 0 Å². The summed E-state index contributed by atoms with van der Waals surface area (Å²) >= 11 is 0. The van der Waals surface area contributed by atoms with E-state index < -0.39 is 11.6 Å². The summed E-state index contributed by atoms with van der Waals surface area (Å²) in [7, 11) is 0. The third-order valence-electron chi connectivity index (χ3n) is 7.76. The van der Waals surface area contributed by atoms with Gasteiger partial charge >= 0.3 is 0 Å². The number of carbonyl (C=O) groups excluding carboxylic acids is 2. The fraction of sp³-hybridized carbons (Fsp3) is 0.619. The van der Waals surface area contributed by atoms with Crippen LogP contribution in [0, 0.1) is 28.6 Å². The third kappa shape index (κ3) is 1.76. The second-order valence-corrected chi connectivity index (χ2v) is 8.70. The minimum Gasteiger partial charge on any atom is -0.296 e. The van der Waals surface area contributed by atoms with Gasteiger partial charge in [0.05, 0.1) is 0 Å². The highest BCUT2D eigenvalue weighted by Crippen LogP contribution is 2.66. The van der Waals surface area contributed by atoms with E-state index in [1.807, 2.05) is 13.8 Å². The van der Waals surface area contributed by atoms with E-state index in [9.17, 15) is 14.0 Å². The largest absolute Gasteiger partial charge is 0.296 e. The molecule has 3 saturated carbocycles. The standard InChI is InChI=1S/C21H25FO2/c1-11-7-13-9-14(23)8-12(2)21(13,4)15-5-6-20(3)16(18(11)15)10-17(22)19(20)24/h8-9,15-18H,1,5-7,10H2,2-4H3/t15-,16-,17?,18+,20-,21-/m0/s1. The third-order valence-corrected chi connectivity index (χ3v) is 7.76. The molecule has 0 radical (unpaired) electrons. The monoisotopic (exact) mass is 328 g/mol. The molecule has 0 amide bonds. The molecule has 0 aromatic carbocycles. The van der Waals surface area contributed by atoms with E-state index in [4.69, 9.17) is 0 Å². The van der Waals surface area contributed by atoms with Crippen LogP contribution in [-0.2, 0) is 9.59 Å². The summed E-state index contributed by atoms with van der Waals surface area (Å²) in [5, 5.41) is 0. The number of Topliss-reactive ketones (excluding diaryl/α,β-unsaturated/α-hetero) is 1. The molecule has 0 bridgehead atoms. The van der Waals surface area contributed by atoms with Crippen LogP contribution in [0.15, 0.2) is 35.5 Å². The van der Waals surface area contributed by atoms with Crippen molar-refractivity contribution in [3.05, 3.63) is 35.5 Å². The molecule has 0 N–H and O–H groups in total. The molecule has 4 rings (SSSR count). The second kappa shape index (κ2) is 4.77. The van der Waals surface area contributed by atoms with Crippen molar-refractivity contribution in [2.75, 3.05) is 0 Å². The van der Waals surface area contributed by atoms with Gasteiger partial charge < -0.3 is 0 Å². The zero-order valence-electron chi connectivity index (χ0n) is 14.7. The number of allylic oxidation sites excluding steroid dienone is 5. The van der Waals surface area contributed by atoms with Gasteiger partial charge in [-0.2, -0.15) is 0 Å². The van der Waals surface area contributed by atoms with Crippen molar-refractivity contribution in [2.24, 2.45) is 28.6 Å². The number of hydrogen-bond acceptors (Lipinski definition) is 2. The first kappa shape index (κ1) is 16.0. The Hall–Kier alpha value is -1.51. The average Bonchev–Trinajstić information content (AvgIpc) is 2.74. The Balaban J connectivity index is 1.81. The summed E-state index contributed by atoms with van der Waals surface area (Å²) in [4.78, 5) is 24.4. The number of rotatable bonds is 0. The molecule has 2 nitrogen and oxygen atoms in total. The summed E-state index contributed by atoms with van der Waals surface area (Å²) in [6.07, 6.45) is 4.89. The highest BCUT2D eigenvalue weighted by atomic mass is 19.1. The smallest absolute Gasteiger partial charge is 0.178 e. The fourth-order valence-electron chi connectivity index (χ4n) is 6.22. The maximum Gasteiger partial charge on any atom is 0.178 e. The van der Waals surface area contributed by atoms with Crippen LogP contribution in [0.5, 0.6) is 0 Å². The molecular formula is C21H25FO2. The predicted molar refractivity (Wildman–Crippen MR) is 91.0 cm³/mol. The van der Waals surface area contributed by atoms with Gasteiger partial charge in [0.25, 0.3) is 0 Å². The second-order valence-electron chi connectivity index (χ2n) is 8.70. The van der Waals surface area contributed by atoms with Gasteiger partial charge in [0, 0.05) is 10.8 Å². The van der Waals surface area contributed by atoms with Crippen molar-refractivity contribution in [2.45, 2.75) is 52.6 Å².